The van der Waals surface area contributed by atoms with Crippen LogP contribution in [0.25, 0.3) is 11.1 Å². The molecule has 0 radical (unpaired) electrons. The van der Waals surface area contributed by atoms with Crippen molar-refractivity contribution in [1.29, 1.82) is 0 Å². The molecule has 0 saturated heterocycles. The van der Waals surface area contributed by atoms with Gasteiger partial charge in [0.25, 0.3) is 0 Å². The number of methoxy groups -OCH3 is 1. The molecule has 4 rings (SSSR count). The van der Waals surface area contributed by atoms with Crippen molar-refractivity contribution in [2.45, 2.75) is 38.0 Å². The number of carbonyl (C=O) groups is 1. The second kappa shape index (κ2) is 9.62. The summed E-state index contributed by atoms with van der Waals surface area (Å²) in [5.41, 5.74) is 4.60. The van der Waals surface area contributed by atoms with Gasteiger partial charge in [0.05, 0.1) is 7.11 Å². The third kappa shape index (κ3) is 5.10. The molecule has 0 aliphatic heterocycles. The summed E-state index contributed by atoms with van der Waals surface area (Å²) in [7, 11) is 1.70. The Hall–Kier alpha value is -3.07. The third-order valence-corrected chi connectivity index (χ3v) is 6.18. The SMILES string of the molecule is COc1ccc([C@H]2CC[C@@H](CC(=O)Nc3ccc(-c4ccccc4)cc3)CC2)cc1. The lowest BCUT2D eigenvalue weighted by Crippen LogP contribution is -2.20. The molecule has 0 spiro atoms. The molecular formula is C27H29NO2. The molecule has 3 aromatic rings. The lowest BCUT2D eigenvalue weighted by Gasteiger charge is -2.28. The van der Waals surface area contributed by atoms with Gasteiger partial charge in [-0.1, -0.05) is 54.6 Å². The predicted octanol–water partition coefficient (Wildman–Crippen LogP) is 6.66. The zero-order chi connectivity index (χ0) is 20.8. The van der Waals surface area contributed by atoms with Crippen LogP contribution in [0.1, 0.15) is 43.6 Å². The van der Waals surface area contributed by atoms with E-state index in [-0.39, 0.29) is 5.91 Å². The van der Waals surface area contributed by atoms with Gasteiger partial charge in [-0.15, -0.1) is 0 Å². The monoisotopic (exact) mass is 399 g/mol. The summed E-state index contributed by atoms with van der Waals surface area (Å²) in [5.74, 6) is 2.10. The van der Waals surface area contributed by atoms with Crippen molar-refractivity contribution in [3.05, 3.63) is 84.4 Å². The first kappa shape index (κ1) is 20.2. The first-order chi connectivity index (χ1) is 14.7. The number of anilines is 1. The maximum atomic E-state index is 12.5. The summed E-state index contributed by atoms with van der Waals surface area (Å²) in [5, 5.41) is 3.07. The van der Waals surface area contributed by atoms with Crippen molar-refractivity contribution >= 4 is 11.6 Å². The fourth-order valence-corrected chi connectivity index (χ4v) is 4.43. The molecule has 1 N–H and O–H groups in total. The van der Waals surface area contributed by atoms with E-state index in [0.29, 0.717) is 18.3 Å². The Kier molecular flexibility index (Phi) is 6.48. The zero-order valence-electron chi connectivity index (χ0n) is 17.5. The third-order valence-electron chi connectivity index (χ3n) is 6.18. The van der Waals surface area contributed by atoms with Crippen molar-refractivity contribution in [1.82, 2.24) is 0 Å². The largest absolute Gasteiger partial charge is 0.497 e. The van der Waals surface area contributed by atoms with Gasteiger partial charge in [-0.05, 0) is 78.5 Å². The molecule has 3 nitrogen and oxygen atoms in total. The van der Waals surface area contributed by atoms with Gasteiger partial charge >= 0.3 is 0 Å². The molecule has 1 fully saturated rings. The average Bonchev–Trinajstić information content (AvgIpc) is 2.81. The fourth-order valence-electron chi connectivity index (χ4n) is 4.43. The summed E-state index contributed by atoms with van der Waals surface area (Å²) < 4.78 is 5.25. The fraction of sp³-hybridized carbons (Fsp3) is 0.296. The summed E-state index contributed by atoms with van der Waals surface area (Å²) in [6, 6.07) is 26.8. The average molecular weight is 400 g/mol. The molecule has 0 heterocycles. The Morgan fingerprint density at radius 1 is 0.833 bits per heavy atom. The summed E-state index contributed by atoms with van der Waals surface area (Å²) in [4.78, 5) is 12.5. The quantitative estimate of drug-likeness (QED) is 0.503. The Bertz CT molecular complexity index is 940. The minimum Gasteiger partial charge on any atom is -0.497 e. The van der Waals surface area contributed by atoms with Crippen LogP contribution < -0.4 is 10.1 Å². The lowest BCUT2D eigenvalue weighted by molar-refractivity contribution is -0.117. The van der Waals surface area contributed by atoms with E-state index in [4.69, 9.17) is 4.74 Å². The van der Waals surface area contributed by atoms with Gasteiger partial charge in [0.1, 0.15) is 5.75 Å². The number of amides is 1. The standard InChI is InChI=1S/C27H29NO2/c1-30-26-17-13-24(14-18-26)22-9-7-20(8-10-22)19-27(29)28-25-15-11-23(12-16-25)21-5-3-2-4-6-21/h2-6,11-18,20,22H,7-10,19H2,1H3,(H,28,29)/t20-,22+. The highest BCUT2D eigenvalue weighted by Gasteiger charge is 2.24. The summed E-state index contributed by atoms with van der Waals surface area (Å²) >= 11 is 0. The van der Waals surface area contributed by atoms with Gasteiger partial charge < -0.3 is 10.1 Å². The molecule has 0 atom stereocenters. The van der Waals surface area contributed by atoms with Crippen LogP contribution in [0.2, 0.25) is 0 Å². The van der Waals surface area contributed by atoms with Crippen molar-refractivity contribution in [2.24, 2.45) is 5.92 Å². The Morgan fingerprint density at radius 3 is 2.10 bits per heavy atom. The second-order valence-corrected chi connectivity index (χ2v) is 8.19. The molecule has 154 valence electrons. The van der Waals surface area contributed by atoms with Crippen LogP contribution in [0.4, 0.5) is 5.69 Å². The molecule has 3 heteroatoms. The van der Waals surface area contributed by atoms with Gasteiger partial charge in [-0.3, -0.25) is 4.79 Å². The molecular weight excluding hydrogens is 370 g/mol. The van der Waals surface area contributed by atoms with E-state index < -0.39 is 0 Å². The van der Waals surface area contributed by atoms with Crippen LogP contribution in [-0.2, 0) is 4.79 Å². The number of hydrogen-bond donors (Lipinski definition) is 1. The molecule has 30 heavy (non-hydrogen) atoms. The van der Waals surface area contributed by atoms with Gasteiger partial charge in [0.2, 0.25) is 5.91 Å². The number of nitrogens with one attached hydrogen (secondary N) is 1. The van der Waals surface area contributed by atoms with Crippen molar-refractivity contribution in [3.63, 3.8) is 0 Å². The number of ether oxygens (including phenoxy) is 1. The van der Waals surface area contributed by atoms with Gasteiger partial charge in [0, 0.05) is 12.1 Å². The highest BCUT2D eigenvalue weighted by molar-refractivity contribution is 5.91. The molecule has 0 bridgehead atoms. The topological polar surface area (TPSA) is 38.3 Å². The summed E-state index contributed by atoms with van der Waals surface area (Å²) in [6.07, 6.45) is 5.12. The smallest absolute Gasteiger partial charge is 0.224 e. The predicted molar refractivity (Wildman–Crippen MR) is 123 cm³/mol. The molecule has 1 aliphatic carbocycles. The first-order valence-electron chi connectivity index (χ1n) is 10.8. The van der Waals surface area contributed by atoms with Crippen LogP contribution in [0.5, 0.6) is 5.75 Å². The van der Waals surface area contributed by atoms with Crippen LogP contribution in [0, 0.1) is 5.92 Å². The zero-order valence-corrected chi connectivity index (χ0v) is 17.5. The maximum absolute atomic E-state index is 12.5. The highest BCUT2D eigenvalue weighted by Crippen LogP contribution is 2.37. The van der Waals surface area contributed by atoms with Gasteiger partial charge in [-0.25, -0.2) is 0 Å². The van der Waals surface area contributed by atoms with E-state index in [1.54, 1.807) is 7.11 Å². The minimum absolute atomic E-state index is 0.121. The minimum atomic E-state index is 0.121. The summed E-state index contributed by atoms with van der Waals surface area (Å²) in [6.45, 7) is 0. The van der Waals surface area contributed by atoms with E-state index >= 15 is 0 Å². The number of carbonyl (C=O) groups excluding carboxylic acids is 1. The Morgan fingerprint density at radius 2 is 1.47 bits per heavy atom. The second-order valence-electron chi connectivity index (χ2n) is 8.19. The molecule has 0 aromatic heterocycles. The lowest BCUT2D eigenvalue weighted by atomic mass is 9.77. The van der Waals surface area contributed by atoms with Crippen LogP contribution in [0.15, 0.2) is 78.9 Å². The highest BCUT2D eigenvalue weighted by atomic mass is 16.5. The number of rotatable bonds is 6. The van der Waals surface area contributed by atoms with E-state index in [2.05, 4.69) is 41.7 Å². The van der Waals surface area contributed by atoms with E-state index in [9.17, 15) is 4.79 Å². The van der Waals surface area contributed by atoms with Crippen LogP contribution >= 0.6 is 0 Å². The number of hydrogen-bond acceptors (Lipinski definition) is 2. The Balaban J connectivity index is 1.25. The maximum Gasteiger partial charge on any atom is 0.224 e. The van der Waals surface area contributed by atoms with Gasteiger partial charge in [-0.2, -0.15) is 0 Å². The van der Waals surface area contributed by atoms with E-state index in [0.717, 1.165) is 42.7 Å². The first-order valence-corrected chi connectivity index (χ1v) is 10.8. The normalized spacial score (nSPS) is 18.6. The molecule has 0 unspecified atom stereocenters. The molecule has 1 aliphatic rings. The van der Waals surface area contributed by atoms with E-state index in [1.165, 1.54) is 11.1 Å². The Labute approximate surface area is 179 Å². The molecule has 3 aromatic carbocycles. The number of benzene rings is 3. The van der Waals surface area contributed by atoms with Crippen molar-refractivity contribution in [2.75, 3.05) is 12.4 Å². The van der Waals surface area contributed by atoms with Crippen LogP contribution in [0.3, 0.4) is 0 Å². The van der Waals surface area contributed by atoms with Crippen molar-refractivity contribution < 1.29 is 9.53 Å². The molecule has 1 saturated carbocycles. The van der Waals surface area contributed by atoms with Crippen LogP contribution in [-0.4, -0.2) is 13.0 Å². The van der Waals surface area contributed by atoms with E-state index in [1.807, 2.05) is 42.5 Å². The molecule has 1 amide bonds. The van der Waals surface area contributed by atoms with Crippen molar-refractivity contribution in [3.8, 4) is 16.9 Å². The van der Waals surface area contributed by atoms with Gasteiger partial charge in [0.15, 0.2) is 0 Å².